The van der Waals surface area contributed by atoms with Gasteiger partial charge in [0.15, 0.2) is 0 Å². The fraction of sp³-hybridized carbons (Fsp3) is 0.435. The summed E-state index contributed by atoms with van der Waals surface area (Å²) in [6, 6.07) is 13.3. The van der Waals surface area contributed by atoms with Crippen LogP contribution in [0.2, 0.25) is 0 Å². The Balaban J connectivity index is 0.00000140. The van der Waals surface area contributed by atoms with Gasteiger partial charge in [-0.15, -0.1) is 0 Å². The fourth-order valence-corrected chi connectivity index (χ4v) is 4.05. The van der Waals surface area contributed by atoms with Gasteiger partial charge in [0.1, 0.15) is 0 Å². The Morgan fingerprint density at radius 3 is 2.62 bits per heavy atom. The van der Waals surface area contributed by atoms with Crippen molar-refractivity contribution in [3.05, 3.63) is 58.7 Å². The molecule has 1 aliphatic carbocycles. The molecule has 1 heterocycles. The molecular formula is C23H32N2O. The van der Waals surface area contributed by atoms with Gasteiger partial charge in [-0.1, -0.05) is 37.3 Å². The van der Waals surface area contributed by atoms with E-state index in [-0.39, 0.29) is 14.2 Å². The van der Waals surface area contributed by atoms with Crippen LogP contribution in [0.1, 0.15) is 63.8 Å². The summed E-state index contributed by atoms with van der Waals surface area (Å²) >= 11 is 0. The van der Waals surface area contributed by atoms with E-state index < -0.39 is 0 Å². The van der Waals surface area contributed by atoms with Gasteiger partial charge in [0, 0.05) is 20.6 Å². The maximum atomic E-state index is 12.4. The summed E-state index contributed by atoms with van der Waals surface area (Å²) in [4.78, 5) is 12.4. The highest BCUT2D eigenvalue weighted by Crippen LogP contribution is 2.48. The topological polar surface area (TPSA) is 41.1 Å². The Morgan fingerprint density at radius 1 is 1.23 bits per heavy atom. The van der Waals surface area contributed by atoms with Crippen molar-refractivity contribution >= 4 is 17.3 Å². The van der Waals surface area contributed by atoms with E-state index in [4.69, 9.17) is 0 Å². The van der Waals surface area contributed by atoms with E-state index in [1.807, 2.05) is 0 Å². The van der Waals surface area contributed by atoms with Gasteiger partial charge in [0.25, 0.3) is 0 Å². The molecule has 4 rings (SSSR count). The van der Waals surface area contributed by atoms with Crippen LogP contribution < -0.4 is 10.6 Å². The summed E-state index contributed by atoms with van der Waals surface area (Å²) in [6.45, 7) is 6.39. The number of anilines is 2. The first-order valence-electron chi connectivity index (χ1n) is 9.69. The molecule has 3 nitrogen and oxygen atoms in total. The Hall–Kier alpha value is -2.29. The second-order valence-corrected chi connectivity index (χ2v) is 8.46. The molecule has 26 heavy (non-hydrogen) atoms. The van der Waals surface area contributed by atoms with E-state index in [9.17, 15) is 4.79 Å². The number of fused-ring (bicyclic) bond motifs is 1. The molecule has 1 aliphatic heterocycles. The second-order valence-electron chi connectivity index (χ2n) is 8.46. The van der Waals surface area contributed by atoms with Crippen LogP contribution in [0.3, 0.4) is 0 Å². The standard InChI is InChI=1S/C23H28N2O.2H2/c1-15-12-18(20-9-8-17-6-4-5-7-19(17)24-20)13-16(2)22(15)25-21(26)14-23(3)10-11-23;;/h4-7,12-13,20,24H,8-11,14H2,1-3H3,(H,25,26);2*1H. The first kappa shape index (κ1) is 17.1. The molecule has 1 amide bonds. The van der Waals surface area contributed by atoms with Crippen LogP contribution in [-0.4, -0.2) is 5.91 Å². The molecule has 2 aromatic rings. The first-order valence-corrected chi connectivity index (χ1v) is 9.69. The minimum atomic E-state index is 0. The van der Waals surface area contributed by atoms with Gasteiger partial charge in [0.2, 0.25) is 5.91 Å². The van der Waals surface area contributed by atoms with Crippen molar-refractivity contribution in [1.82, 2.24) is 0 Å². The fourth-order valence-electron chi connectivity index (χ4n) is 4.05. The van der Waals surface area contributed by atoms with Crippen LogP contribution in [-0.2, 0) is 11.2 Å². The number of carbonyl (C=O) groups excluding carboxylic acids is 1. The molecule has 1 saturated carbocycles. The zero-order valence-electron chi connectivity index (χ0n) is 16.0. The van der Waals surface area contributed by atoms with Crippen LogP contribution >= 0.6 is 0 Å². The summed E-state index contributed by atoms with van der Waals surface area (Å²) in [5, 5.41) is 6.84. The van der Waals surface area contributed by atoms with Gasteiger partial charge in [-0.25, -0.2) is 0 Å². The van der Waals surface area contributed by atoms with Crippen LogP contribution in [0.4, 0.5) is 11.4 Å². The van der Waals surface area contributed by atoms with Crippen molar-refractivity contribution in [1.29, 1.82) is 0 Å². The molecule has 1 atom stereocenters. The largest absolute Gasteiger partial charge is 0.378 e. The van der Waals surface area contributed by atoms with Crippen molar-refractivity contribution in [2.24, 2.45) is 5.41 Å². The normalized spacial score (nSPS) is 20.0. The molecule has 2 aliphatic rings. The molecule has 1 fully saturated rings. The molecule has 0 aromatic heterocycles. The number of rotatable bonds is 4. The molecule has 0 bridgehead atoms. The minimum Gasteiger partial charge on any atom is -0.378 e. The van der Waals surface area contributed by atoms with Gasteiger partial charge < -0.3 is 10.6 Å². The number of benzene rings is 2. The highest BCUT2D eigenvalue weighted by Gasteiger charge is 2.39. The average Bonchev–Trinajstić information content (AvgIpc) is 3.34. The Morgan fingerprint density at radius 2 is 1.92 bits per heavy atom. The zero-order valence-corrected chi connectivity index (χ0v) is 16.0. The van der Waals surface area contributed by atoms with E-state index in [0.717, 1.165) is 29.7 Å². The summed E-state index contributed by atoms with van der Waals surface area (Å²) in [5.74, 6) is 0.147. The lowest BCUT2D eigenvalue weighted by Gasteiger charge is -2.28. The van der Waals surface area contributed by atoms with Crippen molar-refractivity contribution in [2.75, 3.05) is 10.6 Å². The van der Waals surface area contributed by atoms with Gasteiger partial charge in [-0.2, -0.15) is 0 Å². The monoisotopic (exact) mass is 352 g/mol. The van der Waals surface area contributed by atoms with Crippen molar-refractivity contribution in [2.45, 2.75) is 58.9 Å². The highest BCUT2D eigenvalue weighted by molar-refractivity contribution is 5.93. The SMILES string of the molecule is Cc1cc(C2CCc3ccccc3N2)cc(C)c1NC(=O)CC1(C)CC1.[HH].[HH]. The van der Waals surface area contributed by atoms with Crippen molar-refractivity contribution < 1.29 is 7.65 Å². The number of hydrogen-bond donors (Lipinski definition) is 2. The molecule has 0 saturated heterocycles. The Labute approximate surface area is 159 Å². The maximum absolute atomic E-state index is 12.4. The average molecular weight is 353 g/mol. The summed E-state index contributed by atoms with van der Waals surface area (Å²) in [5.41, 5.74) is 7.47. The van der Waals surface area contributed by atoms with Crippen molar-refractivity contribution in [3.8, 4) is 0 Å². The third kappa shape index (κ3) is 3.48. The molecule has 140 valence electrons. The van der Waals surface area contributed by atoms with E-state index in [1.165, 1.54) is 29.7 Å². The highest BCUT2D eigenvalue weighted by atomic mass is 16.1. The van der Waals surface area contributed by atoms with Gasteiger partial charge in [-0.05, 0) is 73.3 Å². The molecule has 0 spiro atoms. The minimum absolute atomic E-state index is 0. The van der Waals surface area contributed by atoms with E-state index in [0.29, 0.717) is 12.5 Å². The number of nitrogens with one attached hydrogen (secondary N) is 2. The van der Waals surface area contributed by atoms with Crippen molar-refractivity contribution in [3.63, 3.8) is 0 Å². The predicted octanol–water partition coefficient (Wildman–Crippen LogP) is 6.02. The summed E-state index contributed by atoms with van der Waals surface area (Å²) in [6.07, 6.45) is 5.18. The molecule has 2 N–H and O–H groups in total. The molecule has 0 radical (unpaired) electrons. The smallest absolute Gasteiger partial charge is 0.224 e. The Bertz CT molecular complexity index is 838. The Kier molecular flexibility index (Phi) is 4.26. The van der Waals surface area contributed by atoms with Crippen LogP contribution in [0.5, 0.6) is 0 Å². The number of amides is 1. The number of carbonyl (C=O) groups is 1. The van der Waals surface area contributed by atoms with Gasteiger partial charge in [0.05, 0.1) is 6.04 Å². The van der Waals surface area contributed by atoms with E-state index >= 15 is 0 Å². The number of para-hydroxylation sites is 1. The number of hydrogen-bond acceptors (Lipinski definition) is 2. The van der Waals surface area contributed by atoms with Gasteiger partial charge >= 0.3 is 0 Å². The predicted molar refractivity (Wildman–Crippen MR) is 112 cm³/mol. The molecule has 1 unspecified atom stereocenters. The van der Waals surface area contributed by atoms with Crippen LogP contribution in [0, 0.1) is 19.3 Å². The third-order valence-corrected chi connectivity index (χ3v) is 5.96. The molecule has 3 heteroatoms. The van der Waals surface area contributed by atoms with Gasteiger partial charge in [-0.3, -0.25) is 4.79 Å². The molecular weight excluding hydrogens is 320 g/mol. The summed E-state index contributed by atoms with van der Waals surface area (Å²) in [7, 11) is 0. The van der Waals surface area contributed by atoms with Crippen LogP contribution in [0.25, 0.3) is 0 Å². The lowest BCUT2D eigenvalue weighted by Crippen LogP contribution is -2.19. The third-order valence-electron chi connectivity index (χ3n) is 5.96. The first-order chi connectivity index (χ1) is 12.4. The second kappa shape index (κ2) is 6.46. The van der Waals surface area contributed by atoms with E-state index in [1.54, 1.807) is 0 Å². The lowest BCUT2D eigenvalue weighted by atomic mass is 9.91. The number of aryl methyl sites for hydroxylation is 3. The zero-order chi connectivity index (χ0) is 18.3. The van der Waals surface area contributed by atoms with E-state index in [2.05, 4.69) is 67.8 Å². The molecule has 2 aromatic carbocycles. The quantitative estimate of drug-likeness (QED) is 0.706. The summed E-state index contributed by atoms with van der Waals surface area (Å²) < 4.78 is 0. The lowest BCUT2D eigenvalue weighted by molar-refractivity contribution is -0.117. The maximum Gasteiger partial charge on any atom is 0.224 e. The van der Waals surface area contributed by atoms with Crippen LogP contribution in [0.15, 0.2) is 36.4 Å².